The summed E-state index contributed by atoms with van der Waals surface area (Å²) in [5, 5.41) is 10.6. The van der Waals surface area contributed by atoms with Gasteiger partial charge in [-0.3, -0.25) is 0 Å². The van der Waals surface area contributed by atoms with E-state index in [0.29, 0.717) is 11.3 Å². The SMILES string of the molecule is Cc1nnc(C(C)Oc2ccc3ccc(=O)oc3c2)s1. The number of benzene rings is 1. The molecule has 0 bridgehead atoms. The van der Waals surface area contributed by atoms with Crippen LogP contribution in [-0.4, -0.2) is 10.2 Å². The summed E-state index contributed by atoms with van der Waals surface area (Å²) >= 11 is 1.50. The van der Waals surface area contributed by atoms with Crippen molar-refractivity contribution in [2.24, 2.45) is 0 Å². The Balaban J connectivity index is 1.88. The molecule has 2 heterocycles. The number of hydrogen-bond acceptors (Lipinski definition) is 6. The van der Waals surface area contributed by atoms with Crippen LogP contribution in [0.2, 0.25) is 0 Å². The first-order chi connectivity index (χ1) is 9.61. The van der Waals surface area contributed by atoms with E-state index in [1.807, 2.05) is 26.0 Å². The molecule has 0 spiro atoms. The topological polar surface area (TPSA) is 65.2 Å². The second kappa shape index (κ2) is 5.05. The van der Waals surface area contributed by atoms with E-state index in [4.69, 9.17) is 9.15 Å². The van der Waals surface area contributed by atoms with Crippen LogP contribution in [0.4, 0.5) is 0 Å². The van der Waals surface area contributed by atoms with Gasteiger partial charge < -0.3 is 9.15 Å². The van der Waals surface area contributed by atoms with Gasteiger partial charge in [-0.25, -0.2) is 4.79 Å². The summed E-state index contributed by atoms with van der Waals surface area (Å²) < 4.78 is 10.9. The van der Waals surface area contributed by atoms with Gasteiger partial charge in [-0.1, -0.05) is 11.3 Å². The molecule has 1 atom stereocenters. The Morgan fingerprint density at radius 3 is 2.80 bits per heavy atom. The lowest BCUT2D eigenvalue weighted by atomic mass is 10.2. The molecule has 0 fully saturated rings. The summed E-state index contributed by atoms with van der Waals surface area (Å²) in [4.78, 5) is 11.2. The van der Waals surface area contributed by atoms with E-state index in [9.17, 15) is 4.79 Å². The maximum Gasteiger partial charge on any atom is 0.336 e. The van der Waals surface area contributed by atoms with Gasteiger partial charge in [0.05, 0.1) is 0 Å². The molecule has 102 valence electrons. The van der Waals surface area contributed by atoms with E-state index in [-0.39, 0.29) is 11.7 Å². The Hall–Kier alpha value is -2.21. The van der Waals surface area contributed by atoms with Crippen molar-refractivity contribution in [3.63, 3.8) is 0 Å². The maximum atomic E-state index is 11.2. The molecule has 20 heavy (non-hydrogen) atoms. The minimum Gasteiger partial charge on any atom is -0.483 e. The summed E-state index contributed by atoms with van der Waals surface area (Å²) in [6, 6.07) is 8.53. The monoisotopic (exact) mass is 288 g/mol. The van der Waals surface area contributed by atoms with E-state index >= 15 is 0 Å². The largest absolute Gasteiger partial charge is 0.483 e. The summed E-state index contributed by atoms with van der Waals surface area (Å²) in [5.41, 5.74) is 0.137. The average molecular weight is 288 g/mol. The van der Waals surface area contributed by atoms with Crippen molar-refractivity contribution in [3.05, 3.63) is 50.8 Å². The van der Waals surface area contributed by atoms with Crippen LogP contribution in [0.1, 0.15) is 23.0 Å². The molecular weight excluding hydrogens is 276 g/mol. The molecule has 0 aliphatic carbocycles. The molecule has 3 rings (SSSR count). The predicted octanol–water partition coefficient (Wildman–Crippen LogP) is 3.09. The van der Waals surface area contributed by atoms with Crippen LogP contribution in [0.3, 0.4) is 0 Å². The van der Waals surface area contributed by atoms with Gasteiger partial charge in [0.15, 0.2) is 5.01 Å². The van der Waals surface area contributed by atoms with Crippen molar-refractivity contribution < 1.29 is 9.15 Å². The van der Waals surface area contributed by atoms with E-state index in [2.05, 4.69) is 10.2 Å². The Kier molecular flexibility index (Phi) is 3.23. The number of fused-ring (bicyclic) bond motifs is 1. The van der Waals surface area contributed by atoms with E-state index < -0.39 is 0 Å². The van der Waals surface area contributed by atoms with E-state index in [1.54, 1.807) is 12.1 Å². The highest BCUT2D eigenvalue weighted by molar-refractivity contribution is 7.11. The fraction of sp³-hybridized carbons (Fsp3) is 0.214. The van der Waals surface area contributed by atoms with Crippen LogP contribution in [0.15, 0.2) is 39.5 Å². The quantitative estimate of drug-likeness (QED) is 0.693. The number of hydrogen-bond donors (Lipinski definition) is 0. The first kappa shape index (κ1) is 12.8. The van der Waals surface area contributed by atoms with Gasteiger partial charge in [-0.15, -0.1) is 10.2 Å². The molecule has 0 aliphatic rings. The number of ether oxygens (including phenoxy) is 1. The number of rotatable bonds is 3. The third-order valence-electron chi connectivity index (χ3n) is 2.80. The molecular formula is C14H12N2O3S. The van der Waals surface area contributed by atoms with Crippen molar-refractivity contribution in [2.45, 2.75) is 20.0 Å². The molecule has 0 saturated heterocycles. The Morgan fingerprint density at radius 2 is 2.05 bits per heavy atom. The van der Waals surface area contributed by atoms with Crippen molar-refractivity contribution in [2.75, 3.05) is 0 Å². The lowest BCUT2D eigenvalue weighted by molar-refractivity contribution is 0.225. The predicted molar refractivity (Wildman–Crippen MR) is 76.2 cm³/mol. The summed E-state index contributed by atoms with van der Waals surface area (Å²) in [6.07, 6.45) is -0.200. The fourth-order valence-electron chi connectivity index (χ4n) is 1.84. The standard InChI is InChI=1S/C14H12N2O3S/c1-8(14-16-15-9(2)20-14)18-11-5-3-10-4-6-13(17)19-12(10)7-11/h3-8H,1-2H3. The molecule has 6 heteroatoms. The molecule has 0 saturated carbocycles. The zero-order chi connectivity index (χ0) is 14.1. The number of aryl methyl sites for hydroxylation is 1. The summed E-state index contributed by atoms with van der Waals surface area (Å²) in [7, 11) is 0. The molecule has 0 radical (unpaired) electrons. The first-order valence-corrected chi connectivity index (χ1v) is 6.94. The third kappa shape index (κ3) is 2.55. The zero-order valence-corrected chi connectivity index (χ0v) is 11.8. The van der Waals surface area contributed by atoms with Crippen LogP contribution >= 0.6 is 11.3 Å². The molecule has 3 aromatic rings. The minimum atomic E-state index is -0.373. The maximum absolute atomic E-state index is 11.2. The smallest absolute Gasteiger partial charge is 0.336 e. The van der Waals surface area contributed by atoms with Crippen LogP contribution < -0.4 is 10.4 Å². The van der Waals surface area contributed by atoms with Gasteiger partial charge >= 0.3 is 5.63 Å². The molecule has 0 aliphatic heterocycles. The molecule has 1 unspecified atom stereocenters. The fourth-order valence-corrected chi connectivity index (χ4v) is 2.53. The minimum absolute atomic E-state index is 0.200. The van der Waals surface area contributed by atoms with Gasteiger partial charge in [-0.2, -0.15) is 0 Å². The highest BCUT2D eigenvalue weighted by atomic mass is 32.1. The van der Waals surface area contributed by atoms with Crippen molar-refractivity contribution >= 4 is 22.3 Å². The Labute approximate surface area is 118 Å². The Morgan fingerprint density at radius 1 is 1.25 bits per heavy atom. The second-order valence-electron chi connectivity index (χ2n) is 4.37. The first-order valence-electron chi connectivity index (χ1n) is 6.12. The molecule has 0 amide bonds. The van der Waals surface area contributed by atoms with Crippen molar-refractivity contribution in [1.29, 1.82) is 0 Å². The summed E-state index contributed by atoms with van der Waals surface area (Å²) in [6.45, 7) is 3.81. The normalized spacial score (nSPS) is 12.5. The lowest BCUT2D eigenvalue weighted by Gasteiger charge is -2.11. The molecule has 2 aromatic heterocycles. The third-order valence-corrected chi connectivity index (χ3v) is 3.80. The average Bonchev–Trinajstić information content (AvgIpc) is 2.85. The van der Waals surface area contributed by atoms with E-state index in [0.717, 1.165) is 15.4 Å². The Bertz CT molecular complexity index is 809. The van der Waals surface area contributed by atoms with Crippen molar-refractivity contribution in [1.82, 2.24) is 10.2 Å². The van der Waals surface area contributed by atoms with Crippen LogP contribution in [0, 0.1) is 6.92 Å². The number of nitrogens with zero attached hydrogens (tertiary/aromatic N) is 2. The van der Waals surface area contributed by atoms with Crippen LogP contribution in [0.25, 0.3) is 11.0 Å². The van der Waals surface area contributed by atoms with Gasteiger partial charge in [0, 0.05) is 17.5 Å². The van der Waals surface area contributed by atoms with Gasteiger partial charge in [-0.05, 0) is 32.0 Å². The van der Waals surface area contributed by atoms with Crippen LogP contribution in [-0.2, 0) is 0 Å². The highest BCUT2D eigenvalue weighted by Gasteiger charge is 2.12. The summed E-state index contributed by atoms with van der Waals surface area (Å²) in [5.74, 6) is 0.632. The van der Waals surface area contributed by atoms with Gasteiger partial charge in [0.1, 0.15) is 22.4 Å². The van der Waals surface area contributed by atoms with Crippen LogP contribution in [0.5, 0.6) is 5.75 Å². The van der Waals surface area contributed by atoms with Crippen molar-refractivity contribution in [3.8, 4) is 5.75 Å². The van der Waals surface area contributed by atoms with E-state index in [1.165, 1.54) is 17.4 Å². The van der Waals surface area contributed by atoms with Gasteiger partial charge in [0.2, 0.25) is 0 Å². The molecule has 0 N–H and O–H groups in total. The molecule has 1 aromatic carbocycles. The number of aromatic nitrogens is 2. The lowest BCUT2D eigenvalue weighted by Crippen LogP contribution is -2.03. The zero-order valence-electron chi connectivity index (χ0n) is 11.0. The highest BCUT2D eigenvalue weighted by Crippen LogP contribution is 2.26. The molecule has 5 nitrogen and oxygen atoms in total. The van der Waals surface area contributed by atoms with Gasteiger partial charge in [0.25, 0.3) is 0 Å². The second-order valence-corrected chi connectivity index (χ2v) is 5.59.